The minimum absolute atomic E-state index is 0.394. The molecule has 0 amide bonds. The zero-order valence-electron chi connectivity index (χ0n) is 4.44. The third-order valence-electron chi connectivity index (χ3n) is 0.797. The van der Waals surface area contributed by atoms with Crippen LogP contribution >= 0.6 is 11.3 Å². The van der Waals surface area contributed by atoms with Gasteiger partial charge in [-0.3, -0.25) is 4.79 Å². The van der Waals surface area contributed by atoms with Crippen LogP contribution in [-0.4, -0.2) is 16.4 Å². The number of hydrogen-bond acceptors (Lipinski definition) is 4. The van der Waals surface area contributed by atoms with E-state index in [9.17, 15) is 4.79 Å². The highest BCUT2D eigenvalue weighted by Gasteiger charge is 2.07. The minimum atomic E-state index is -1.16. The molecule has 0 saturated carbocycles. The molecule has 0 aliphatic rings. The van der Waals surface area contributed by atoms with Crippen molar-refractivity contribution in [3.8, 4) is 0 Å². The normalized spacial score (nSPS) is 13.0. The fourth-order valence-electron chi connectivity index (χ4n) is 0.420. The molecule has 0 bridgehead atoms. The Morgan fingerprint density at radius 1 is 1.89 bits per heavy atom. The zero-order chi connectivity index (χ0) is 6.69. The van der Waals surface area contributed by atoms with Gasteiger partial charge in [0.15, 0.2) is 6.10 Å². The molecule has 0 saturated heterocycles. The predicted octanol–water partition coefficient (Wildman–Crippen LogP) is 0.286. The van der Waals surface area contributed by atoms with E-state index in [1.165, 1.54) is 23.8 Å². The van der Waals surface area contributed by atoms with Crippen molar-refractivity contribution in [2.75, 3.05) is 0 Å². The highest BCUT2D eigenvalue weighted by atomic mass is 32.1. The topological polar surface area (TPSA) is 50.2 Å². The molecule has 47 valence electrons. The number of aliphatic hydroxyl groups excluding tert-OH is 1. The molecule has 0 aromatic carbocycles. The summed E-state index contributed by atoms with van der Waals surface area (Å²) in [5.74, 6) is 0. The van der Waals surface area contributed by atoms with Gasteiger partial charge in [-0.25, -0.2) is 4.98 Å². The Morgan fingerprint density at radius 3 is 3.11 bits per heavy atom. The van der Waals surface area contributed by atoms with Crippen LogP contribution in [0.25, 0.3) is 0 Å². The van der Waals surface area contributed by atoms with Gasteiger partial charge in [0.2, 0.25) is 6.29 Å². The van der Waals surface area contributed by atoms with Crippen molar-refractivity contribution >= 4 is 17.6 Å². The molecule has 1 aromatic rings. The SMILES string of the molecule is O=[C]C(O)c1nccs1. The lowest BCUT2D eigenvalue weighted by molar-refractivity contribution is 0.239. The molecule has 1 heterocycles. The number of thiazole rings is 1. The zero-order valence-corrected chi connectivity index (χ0v) is 5.26. The minimum Gasteiger partial charge on any atom is -0.378 e. The van der Waals surface area contributed by atoms with E-state index >= 15 is 0 Å². The van der Waals surface area contributed by atoms with Crippen molar-refractivity contribution < 1.29 is 9.90 Å². The van der Waals surface area contributed by atoms with E-state index in [0.717, 1.165) is 0 Å². The van der Waals surface area contributed by atoms with Gasteiger partial charge in [-0.2, -0.15) is 0 Å². The van der Waals surface area contributed by atoms with Crippen LogP contribution in [0.3, 0.4) is 0 Å². The highest BCUT2D eigenvalue weighted by Crippen LogP contribution is 2.11. The van der Waals surface area contributed by atoms with Crippen molar-refractivity contribution in [2.24, 2.45) is 0 Å². The summed E-state index contributed by atoms with van der Waals surface area (Å²) in [5, 5.41) is 10.8. The van der Waals surface area contributed by atoms with E-state index in [1.807, 2.05) is 0 Å². The lowest BCUT2D eigenvalue weighted by Gasteiger charge is -1.91. The average molecular weight is 142 g/mol. The van der Waals surface area contributed by atoms with Crippen LogP contribution in [0.15, 0.2) is 11.6 Å². The first kappa shape index (κ1) is 6.38. The molecule has 0 aliphatic heterocycles. The molecule has 1 atom stereocenters. The molecule has 1 N–H and O–H groups in total. The fraction of sp³-hybridized carbons (Fsp3) is 0.200. The van der Waals surface area contributed by atoms with Gasteiger partial charge in [0.1, 0.15) is 5.01 Å². The summed E-state index contributed by atoms with van der Waals surface area (Å²) in [6.07, 6.45) is 1.79. The summed E-state index contributed by atoms with van der Waals surface area (Å²) in [4.78, 5) is 13.5. The Morgan fingerprint density at radius 2 is 2.67 bits per heavy atom. The standard InChI is InChI=1S/C5H4NO2S/c7-3-4(8)5-6-1-2-9-5/h1-2,4,8H. The van der Waals surface area contributed by atoms with Gasteiger partial charge in [0, 0.05) is 11.6 Å². The summed E-state index contributed by atoms with van der Waals surface area (Å²) in [6, 6.07) is 0. The van der Waals surface area contributed by atoms with Crippen LogP contribution in [-0.2, 0) is 4.79 Å². The number of aromatic nitrogens is 1. The van der Waals surface area contributed by atoms with Crippen LogP contribution in [0.1, 0.15) is 11.1 Å². The Hall–Kier alpha value is -0.740. The first-order valence-electron chi connectivity index (χ1n) is 2.29. The summed E-state index contributed by atoms with van der Waals surface area (Å²) in [6.45, 7) is 0. The molecule has 0 aliphatic carbocycles. The van der Waals surface area contributed by atoms with E-state index in [4.69, 9.17) is 5.11 Å². The van der Waals surface area contributed by atoms with Crippen molar-refractivity contribution in [1.82, 2.24) is 4.98 Å². The van der Waals surface area contributed by atoms with Gasteiger partial charge in [0.25, 0.3) is 0 Å². The number of aliphatic hydroxyl groups is 1. The van der Waals surface area contributed by atoms with Gasteiger partial charge in [-0.05, 0) is 0 Å². The molecule has 4 heteroatoms. The van der Waals surface area contributed by atoms with Gasteiger partial charge < -0.3 is 5.11 Å². The number of nitrogens with zero attached hydrogens (tertiary/aromatic N) is 1. The number of carbonyl (C=O) groups excluding carboxylic acids is 1. The summed E-state index contributed by atoms with van der Waals surface area (Å²) < 4.78 is 0. The van der Waals surface area contributed by atoms with E-state index in [-0.39, 0.29) is 0 Å². The first-order valence-corrected chi connectivity index (χ1v) is 3.17. The van der Waals surface area contributed by atoms with Crippen molar-refractivity contribution in [1.29, 1.82) is 0 Å². The quantitative estimate of drug-likeness (QED) is 0.645. The second-order valence-electron chi connectivity index (χ2n) is 1.39. The maximum Gasteiger partial charge on any atom is 0.237 e. The number of rotatable bonds is 2. The van der Waals surface area contributed by atoms with E-state index in [1.54, 1.807) is 5.38 Å². The fourth-order valence-corrected chi connectivity index (χ4v) is 0.980. The van der Waals surface area contributed by atoms with Crippen molar-refractivity contribution in [3.63, 3.8) is 0 Å². The molecule has 0 fully saturated rings. The van der Waals surface area contributed by atoms with E-state index in [2.05, 4.69) is 4.98 Å². The lowest BCUT2D eigenvalue weighted by Crippen LogP contribution is -1.95. The summed E-state index contributed by atoms with van der Waals surface area (Å²) in [5.41, 5.74) is 0. The van der Waals surface area contributed by atoms with Gasteiger partial charge >= 0.3 is 0 Å². The highest BCUT2D eigenvalue weighted by molar-refractivity contribution is 7.09. The van der Waals surface area contributed by atoms with Crippen molar-refractivity contribution in [2.45, 2.75) is 6.10 Å². The molecule has 1 radical (unpaired) electrons. The smallest absolute Gasteiger partial charge is 0.237 e. The Labute approximate surface area is 56.0 Å². The van der Waals surface area contributed by atoms with Crippen LogP contribution < -0.4 is 0 Å². The second-order valence-corrected chi connectivity index (χ2v) is 2.32. The van der Waals surface area contributed by atoms with Gasteiger partial charge in [-0.15, -0.1) is 11.3 Å². The van der Waals surface area contributed by atoms with Crippen LogP contribution in [0.2, 0.25) is 0 Å². The Bertz CT molecular complexity index is 185. The molecular weight excluding hydrogens is 138 g/mol. The molecule has 1 unspecified atom stereocenters. The van der Waals surface area contributed by atoms with E-state index < -0.39 is 6.10 Å². The second kappa shape index (κ2) is 2.70. The third-order valence-corrected chi connectivity index (χ3v) is 1.62. The Balaban J connectivity index is 2.76. The number of hydrogen-bond donors (Lipinski definition) is 1. The maximum absolute atomic E-state index is 9.79. The predicted molar refractivity (Wildman–Crippen MR) is 32.8 cm³/mol. The molecule has 0 spiro atoms. The van der Waals surface area contributed by atoms with Crippen LogP contribution in [0.5, 0.6) is 0 Å². The maximum atomic E-state index is 9.79. The monoisotopic (exact) mass is 142 g/mol. The van der Waals surface area contributed by atoms with E-state index in [0.29, 0.717) is 5.01 Å². The largest absolute Gasteiger partial charge is 0.378 e. The molecule has 3 nitrogen and oxygen atoms in total. The molecular formula is C5H4NO2S. The van der Waals surface area contributed by atoms with Gasteiger partial charge in [0.05, 0.1) is 0 Å². The summed E-state index contributed by atoms with van der Waals surface area (Å²) in [7, 11) is 0. The first-order chi connectivity index (χ1) is 4.34. The Kier molecular flexibility index (Phi) is 1.92. The average Bonchev–Trinajstić information content (AvgIpc) is 2.37. The van der Waals surface area contributed by atoms with Crippen LogP contribution in [0.4, 0.5) is 0 Å². The summed E-state index contributed by atoms with van der Waals surface area (Å²) >= 11 is 1.23. The van der Waals surface area contributed by atoms with Crippen molar-refractivity contribution in [3.05, 3.63) is 16.6 Å². The van der Waals surface area contributed by atoms with Crippen LogP contribution in [0, 0.1) is 0 Å². The lowest BCUT2D eigenvalue weighted by atomic mass is 10.4. The molecule has 9 heavy (non-hydrogen) atoms. The third kappa shape index (κ3) is 1.34. The molecule has 1 rings (SSSR count). The molecule has 1 aromatic heterocycles. The van der Waals surface area contributed by atoms with Gasteiger partial charge in [-0.1, -0.05) is 0 Å².